The van der Waals surface area contributed by atoms with Crippen molar-refractivity contribution in [2.75, 3.05) is 13.1 Å². The Labute approximate surface area is 109 Å². The van der Waals surface area contributed by atoms with Crippen LogP contribution in [0.25, 0.3) is 0 Å². The van der Waals surface area contributed by atoms with Crippen molar-refractivity contribution >= 4 is 11.9 Å². The normalized spacial score (nSPS) is 18.1. The third kappa shape index (κ3) is 4.94. The highest BCUT2D eigenvalue weighted by Gasteiger charge is 2.23. The minimum Gasteiger partial charge on any atom is -0.350 e. The second-order valence-electron chi connectivity index (χ2n) is 5.96. The van der Waals surface area contributed by atoms with Crippen molar-refractivity contribution in [1.29, 1.82) is 0 Å². The topological polar surface area (TPSA) is 61.4 Å². The molecule has 0 aliphatic carbocycles. The van der Waals surface area contributed by atoms with Gasteiger partial charge < -0.3 is 15.5 Å². The zero-order chi connectivity index (χ0) is 13.8. The van der Waals surface area contributed by atoms with Crippen LogP contribution in [0.4, 0.5) is 4.79 Å². The molecule has 104 valence electrons. The van der Waals surface area contributed by atoms with Gasteiger partial charge in [-0.25, -0.2) is 4.79 Å². The molecule has 18 heavy (non-hydrogen) atoms. The lowest BCUT2D eigenvalue weighted by molar-refractivity contribution is -0.124. The summed E-state index contributed by atoms with van der Waals surface area (Å²) in [6.45, 7) is 9.06. The monoisotopic (exact) mass is 255 g/mol. The van der Waals surface area contributed by atoms with Crippen LogP contribution in [0.15, 0.2) is 0 Å². The lowest BCUT2D eigenvalue weighted by Gasteiger charge is -2.29. The molecule has 1 unspecified atom stereocenters. The van der Waals surface area contributed by atoms with Crippen molar-refractivity contribution in [2.45, 2.75) is 58.5 Å². The van der Waals surface area contributed by atoms with Crippen LogP contribution in [0.5, 0.6) is 0 Å². The van der Waals surface area contributed by atoms with Crippen LogP contribution < -0.4 is 10.6 Å². The maximum absolute atomic E-state index is 11.9. The van der Waals surface area contributed by atoms with Crippen molar-refractivity contribution in [3.05, 3.63) is 0 Å². The minimum absolute atomic E-state index is 0.133. The highest BCUT2D eigenvalue weighted by atomic mass is 16.2. The van der Waals surface area contributed by atoms with Crippen molar-refractivity contribution in [1.82, 2.24) is 15.5 Å². The number of hydrogen-bond acceptors (Lipinski definition) is 2. The van der Waals surface area contributed by atoms with Crippen molar-refractivity contribution in [3.63, 3.8) is 0 Å². The van der Waals surface area contributed by atoms with E-state index in [1.165, 1.54) is 6.42 Å². The molecule has 1 saturated heterocycles. The third-order valence-electron chi connectivity index (χ3n) is 2.87. The number of urea groups is 1. The first-order valence-electron chi connectivity index (χ1n) is 6.67. The molecular weight excluding hydrogens is 230 g/mol. The van der Waals surface area contributed by atoms with E-state index >= 15 is 0 Å². The number of hydrogen-bond donors (Lipinski definition) is 2. The van der Waals surface area contributed by atoms with E-state index in [4.69, 9.17) is 0 Å². The average Bonchev–Trinajstić information content (AvgIpc) is 2.27. The summed E-state index contributed by atoms with van der Waals surface area (Å²) in [7, 11) is 0. The Morgan fingerprint density at radius 2 is 1.67 bits per heavy atom. The Hall–Kier alpha value is -1.26. The predicted octanol–water partition coefficient (Wildman–Crippen LogP) is 1.49. The second-order valence-corrected chi connectivity index (χ2v) is 5.96. The number of carbonyl (C=O) groups is 2. The third-order valence-corrected chi connectivity index (χ3v) is 2.87. The molecule has 0 bridgehead atoms. The smallest absolute Gasteiger partial charge is 0.318 e. The van der Waals surface area contributed by atoms with Gasteiger partial charge in [0.05, 0.1) is 0 Å². The van der Waals surface area contributed by atoms with Gasteiger partial charge in [0, 0.05) is 18.6 Å². The molecule has 1 fully saturated rings. The Balaban J connectivity index is 2.41. The summed E-state index contributed by atoms with van der Waals surface area (Å²) in [5, 5.41) is 5.60. The van der Waals surface area contributed by atoms with Gasteiger partial charge in [-0.15, -0.1) is 0 Å². The fraction of sp³-hybridized carbons (Fsp3) is 0.846. The summed E-state index contributed by atoms with van der Waals surface area (Å²) in [4.78, 5) is 25.5. The van der Waals surface area contributed by atoms with Gasteiger partial charge in [0.2, 0.25) is 5.91 Å². The molecule has 2 N–H and O–H groups in total. The van der Waals surface area contributed by atoms with Gasteiger partial charge in [-0.1, -0.05) is 0 Å². The average molecular weight is 255 g/mol. The summed E-state index contributed by atoms with van der Waals surface area (Å²) in [6, 6.07) is -0.634. The van der Waals surface area contributed by atoms with Gasteiger partial charge in [-0.3, -0.25) is 4.79 Å². The largest absolute Gasteiger partial charge is 0.350 e. The zero-order valence-electron chi connectivity index (χ0n) is 11.9. The Morgan fingerprint density at radius 3 is 2.17 bits per heavy atom. The maximum atomic E-state index is 11.9. The molecule has 1 aliphatic rings. The highest BCUT2D eigenvalue weighted by molar-refractivity contribution is 5.87. The molecule has 0 aromatic rings. The van der Waals surface area contributed by atoms with Gasteiger partial charge in [0.1, 0.15) is 6.04 Å². The van der Waals surface area contributed by atoms with Gasteiger partial charge in [0.15, 0.2) is 0 Å². The molecule has 0 aromatic heterocycles. The van der Waals surface area contributed by atoms with E-state index in [1.807, 2.05) is 20.8 Å². The number of nitrogens with one attached hydrogen (secondary N) is 2. The van der Waals surface area contributed by atoms with Gasteiger partial charge in [-0.2, -0.15) is 0 Å². The minimum atomic E-state index is -0.501. The summed E-state index contributed by atoms with van der Waals surface area (Å²) < 4.78 is 0. The van der Waals surface area contributed by atoms with Crippen LogP contribution in [0.3, 0.4) is 0 Å². The summed E-state index contributed by atoms with van der Waals surface area (Å²) in [5.74, 6) is -0.146. The Kier molecular flexibility index (Phi) is 4.99. The number of nitrogens with zero attached hydrogens (tertiary/aromatic N) is 1. The summed E-state index contributed by atoms with van der Waals surface area (Å²) >= 11 is 0. The van der Waals surface area contributed by atoms with Crippen LogP contribution in [-0.4, -0.2) is 41.5 Å². The molecular formula is C13H25N3O2. The van der Waals surface area contributed by atoms with Crippen molar-refractivity contribution in [2.24, 2.45) is 0 Å². The van der Waals surface area contributed by atoms with Gasteiger partial charge in [0.25, 0.3) is 0 Å². The van der Waals surface area contributed by atoms with Gasteiger partial charge in [-0.05, 0) is 47.0 Å². The molecule has 0 saturated carbocycles. The van der Waals surface area contributed by atoms with E-state index in [0.717, 1.165) is 25.9 Å². The maximum Gasteiger partial charge on any atom is 0.318 e. The van der Waals surface area contributed by atoms with Crippen molar-refractivity contribution in [3.8, 4) is 0 Å². The second kappa shape index (κ2) is 6.07. The van der Waals surface area contributed by atoms with Crippen LogP contribution in [0, 0.1) is 0 Å². The van der Waals surface area contributed by atoms with E-state index in [9.17, 15) is 9.59 Å². The van der Waals surface area contributed by atoms with E-state index in [-0.39, 0.29) is 17.5 Å². The van der Waals surface area contributed by atoms with Gasteiger partial charge >= 0.3 is 6.03 Å². The van der Waals surface area contributed by atoms with Crippen molar-refractivity contribution < 1.29 is 9.59 Å². The SMILES string of the molecule is CC(NC(=O)N1CCCCC1)C(=O)NC(C)(C)C. The number of amides is 3. The quantitative estimate of drug-likeness (QED) is 0.785. The van der Waals surface area contributed by atoms with E-state index < -0.39 is 6.04 Å². The fourth-order valence-corrected chi connectivity index (χ4v) is 1.92. The predicted molar refractivity (Wildman–Crippen MR) is 71.3 cm³/mol. The molecule has 1 aliphatic heterocycles. The molecule has 3 amide bonds. The molecule has 5 heteroatoms. The lowest BCUT2D eigenvalue weighted by Crippen LogP contribution is -2.54. The Morgan fingerprint density at radius 1 is 1.11 bits per heavy atom. The van der Waals surface area contributed by atoms with Crippen LogP contribution in [0.1, 0.15) is 47.0 Å². The highest BCUT2D eigenvalue weighted by Crippen LogP contribution is 2.08. The summed E-state index contributed by atoms with van der Waals surface area (Å²) in [5.41, 5.74) is -0.277. The lowest BCUT2D eigenvalue weighted by atomic mass is 10.1. The van der Waals surface area contributed by atoms with E-state index in [1.54, 1.807) is 11.8 Å². The first-order chi connectivity index (χ1) is 8.29. The van der Waals surface area contributed by atoms with Crippen LogP contribution >= 0.6 is 0 Å². The van der Waals surface area contributed by atoms with E-state index in [0.29, 0.717) is 0 Å². The number of carbonyl (C=O) groups excluding carboxylic acids is 2. The Bertz CT molecular complexity index is 304. The molecule has 0 aromatic carbocycles. The molecule has 0 spiro atoms. The molecule has 5 nitrogen and oxygen atoms in total. The first-order valence-corrected chi connectivity index (χ1v) is 6.67. The standard InChI is InChI=1S/C13H25N3O2/c1-10(11(17)15-13(2,3)4)14-12(18)16-8-6-5-7-9-16/h10H,5-9H2,1-4H3,(H,14,18)(H,15,17). The van der Waals surface area contributed by atoms with Crippen LogP contribution in [0.2, 0.25) is 0 Å². The zero-order valence-corrected chi connectivity index (χ0v) is 11.9. The number of piperidine rings is 1. The summed E-state index contributed by atoms with van der Waals surface area (Å²) in [6.07, 6.45) is 3.29. The molecule has 1 rings (SSSR count). The first kappa shape index (κ1) is 14.8. The molecule has 0 radical (unpaired) electrons. The molecule has 1 heterocycles. The molecule has 1 atom stereocenters. The van der Waals surface area contributed by atoms with E-state index in [2.05, 4.69) is 10.6 Å². The number of rotatable bonds is 2. The fourth-order valence-electron chi connectivity index (χ4n) is 1.92. The van der Waals surface area contributed by atoms with Crippen LogP contribution in [-0.2, 0) is 4.79 Å². The number of likely N-dealkylation sites (tertiary alicyclic amines) is 1.